The van der Waals surface area contributed by atoms with E-state index in [1.54, 1.807) is 0 Å². The van der Waals surface area contributed by atoms with Crippen LogP contribution in [0.3, 0.4) is 0 Å². The zero-order valence-electron chi connectivity index (χ0n) is 10.9. The van der Waals surface area contributed by atoms with Gasteiger partial charge in [-0.25, -0.2) is 0 Å². The van der Waals surface area contributed by atoms with E-state index in [0.29, 0.717) is 6.61 Å². The maximum absolute atomic E-state index is 10.5. The van der Waals surface area contributed by atoms with E-state index in [1.165, 1.54) is 0 Å². The summed E-state index contributed by atoms with van der Waals surface area (Å²) in [7, 11) is 0. The summed E-state index contributed by atoms with van der Waals surface area (Å²) in [5, 5.41) is 0. The molecular formula is C13H19BrN2O3. The predicted octanol–water partition coefficient (Wildman–Crippen LogP) is 1.74. The third-order valence-corrected chi connectivity index (χ3v) is 3.01. The summed E-state index contributed by atoms with van der Waals surface area (Å²) in [6.45, 7) is 2.84. The lowest BCUT2D eigenvalue weighted by Gasteiger charge is -2.14. The molecule has 0 fully saturated rings. The first kappa shape index (κ1) is 15.9. The summed E-state index contributed by atoms with van der Waals surface area (Å²) in [5.74, 6) is 0.285. The Morgan fingerprint density at radius 2 is 2.21 bits per heavy atom. The minimum absolute atomic E-state index is 0.118. The monoisotopic (exact) mass is 330 g/mol. The average molecular weight is 331 g/mol. The summed E-state index contributed by atoms with van der Waals surface area (Å²) in [4.78, 5) is 10.5. The average Bonchev–Trinajstić information content (AvgIpc) is 2.36. The molecule has 0 aliphatic heterocycles. The topological polar surface area (TPSA) is 87.6 Å². The molecule has 1 atom stereocenters. The summed E-state index contributed by atoms with van der Waals surface area (Å²) in [6, 6.07) is 5.33. The van der Waals surface area contributed by atoms with Crippen molar-refractivity contribution in [2.45, 2.75) is 19.4 Å². The highest BCUT2D eigenvalue weighted by Gasteiger charge is 2.10. The van der Waals surface area contributed by atoms with Gasteiger partial charge in [-0.05, 0) is 40.0 Å². The third kappa shape index (κ3) is 5.59. The quantitative estimate of drug-likeness (QED) is 0.759. The summed E-state index contributed by atoms with van der Waals surface area (Å²) < 4.78 is 11.5. The fourth-order valence-corrected chi connectivity index (χ4v) is 1.97. The molecule has 0 radical (unpaired) electrons. The highest BCUT2D eigenvalue weighted by Crippen LogP contribution is 2.28. The van der Waals surface area contributed by atoms with Crippen molar-refractivity contribution in [2.24, 2.45) is 11.5 Å². The molecule has 1 unspecified atom stereocenters. The van der Waals surface area contributed by atoms with Crippen molar-refractivity contribution in [2.75, 3.05) is 19.8 Å². The van der Waals surface area contributed by atoms with Gasteiger partial charge in [0.1, 0.15) is 12.4 Å². The molecule has 19 heavy (non-hydrogen) atoms. The Bertz CT molecular complexity index is 426. The lowest BCUT2D eigenvalue weighted by Crippen LogP contribution is -2.23. The van der Waals surface area contributed by atoms with Gasteiger partial charge in [0.05, 0.1) is 23.7 Å². The Morgan fingerprint density at radius 3 is 2.79 bits per heavy atom. The number of carbonyl (C=O) groups is 1. The van der Waals surface area contributed by atoms with E-state index in [0.717, 1.165) is 22.2 Å². The highest BCUT2D eigenvalue weighted by atomic mass is 79.9. The van der Waals surface area contributed by atoms with Crippen LogP contribution in [0.5, 0.6) is 5.75 Å². The largest absolute Gasteiger partial charge is 0.492 e. The van der Waals surface area contributed by atoms with Crippen molar-refractivity contribution in [1.29, 1.82) is 0 Å². The third-order valence-electron chi connectivity index (χ3n) is 2.39. The number of ether oxygens (including phenoxy) is 2. The molecule has 0 spiro atoms. The Hall–Kier alpha value is -1.11. The van der Waals surface area contributed by atoms with E-state index in [1.807, 2.05) is 25.1 Å². The fraction of sp³-hybridized carbons (Fsp3) is 0.462. The first-order valence-corrected chi connectivity index (χ1v) is 6.87. The lowest BCUT2D eigenvalue weighted by atomic mass is 10.1. The van der Waals surface area contributed by atoms with Gasteiger partial charge in [-0.15, -0.1) is 0 Å². The molecule has 106 valence electrons. The fourth-order valence-electron chi connectivity index (χ4n) is 1.46. The number of nitrogens with two attached hydrogens (primary N) is 2. The van der Waals surface area contributed by atoms with Crippen molar-refractivity contribution in [3.05, 3.63) is 28.2 Å². The van der Waals surface area contributed by atoms with Crippen LogP contribution in [0.15, 0.2) is 22.7 Å². The normalized spacial score (nSPS) is 12.2. The molecule has 0 aromatic heterocycles. The molecule has 6 heteroatoms. The molecule has 0 aliphatic rings. The number of carbonyl (C=O) groups excluding carboxylic acids is 1. The minimum atomic E-state index is -0.503. The Labute approximate surface area is 121 Å². The van der Waals surface area contributed by atoms with Gasteiger partial charge in [0, 0.05) is 0 Å². The molecule has 1 aromatic rings. The molecule has 5 nitrogen and oxygen atoms in total. The number of rotatable bonds is 8. The predicted molar refractivity (Wildman–Crippen MR) is 76.9 cm³/mol. The SMILES string of the molecule is CCCOc1ccc(C(N)COCC(N)=O)cc1Br. The smallest absolute Gasteiger partial charge is 0.243 e. The first-order valence-electron chi connectivity index (χ1n) is 6.08. The van der Waals surface area contributed by atoms with E-state index in [9.17, 15) is 4.79 Å². The maximum Gasteiger partial charge on any atom is 0.243 e. The molecular weight excluding hydrogens is 312 g/mol. The van der Waals surface area contributed by atoms with Crippen LogP contribution in [0, 0.1) is 0 Å². The van der Waals surface area contributed by atoms with Gasteiger partial charge in [0.25, 0.3) is 0 Å². The second-order valence-electron chi connectivity index (χ2n) is 4.13. The van der Waals surface area contributed by atoms with Crippen LogP contribution >= 0.6 is 15.9 Å². The second kappa shape index (κ2) is 8.14. The van der Waals surface area contributed by atoms with Gasteiger partial charge < -0.3 is 20.9 Å². The summed E-state index contributed by atoms with van der Waals surface area (Å²) in [6.07, 6.45) is 0.953. The van der Waals surface area contributed by atoms with Crippen molar-refractivity contribution >= 4 is 21.8 Å². The minimum Gasteiger partial charge on any atom is -0.492 e. The van der Waals surface area contributed by atoms with Gasteiger partial charge in [-0.3, -0.25) is 4.79 Å². The number of hydrogen-bond donors (Lipinski definition) is 2. The molecule has 0 bridgehead atoms. The van der Waals surface area contributed by atoms with Gasteiger partial charge in [0.2, 0.25) is 5.91 Å². The Morgan fingerprint density at radius 1 is 1.47 bits per heavy atom. The molecule has 0 saturated carbocycles. The van der Waals surface area contributed by atoms with Gasteiger partial charge in [0.15, 0.2) is 0 Å². The molecule has 1 amide bonds. The zero-order valence-corrected chi connectivity index (χ0v) is 12.5. The Balaban J connectivity index is 2.58. The standard InChI is InChI=1S/C13H19BrN2O3/c1-2-5-19-12-4-3-9(6-10(12)14)11(15)7-18-8-13(16)17/h3-4,6,11H,2,5,7-8,15H2,1H3,(H2,16,17). The van der Waals surface area contributed by atoms with Crippen LogP contribution < -0.4 is 16.2 Å². The summed E-state index contributed by atoms with van der Waals surface area (Å²) >= 11 is 3.44. The number of primary amides is 1. The molecule has 0 aliphatic carbocycles. The molecule has 1 rings (SSSR count). The van der Waals surface area contributed by atoms with Crippen molar-refractivity contribution in [3.8, 4) is 5.75 Å². The van der Waals surface area contributed by atoms with Crippen molar-refractivity contribution in [1.82, 2.24) is 0 Å². The number of benzene rings is 1. The van der Waals surface area contributed by atoms with E-state index in [-0.39, 0.29) is 19.3 Å². The van der Waals surface area contributed by atoms with Crippen LogP contribution in [0.4, 0.5) is 0 Å². The van der Waals surface area contributed by atoms with Gasteiger partial charge in [-0.1, -0.05) is 13.0 Å². The highest BCUT2D eigenvalue weighted by molar-refractivity contribution is 9.10. The molecule has 4 N–H and O–H groups in total. The van der Waals surface area contributed by atoms with Crippen molar-refractivity contribution < 1.29 is 14.3 Å². The van der Waals surface area contributed by atoms with E-state index >= 15 is 0 Å². The van der Waals surface area contributed by atoms with Crippen LogP contribution in [-0.4, -0.2) is 25.7 Å². The maximum atomic E-state index is 10.5. The number of halogens is 1. The number of hydrogen-bond acceptors (Lipinski definition) is 4. The molecule has 0 heterocycles. The van der Waals surface area contributed by atoms with Gasteiger partial charge in [-0.2, -0.15) is 0 Å². The lowest BCUT2D eigenvalue weighted by molar-refractivity contribution is -0.122. The van der Waals surface area contributed by atoms with E-state index in [4.69, 9.17) is 20.9 Å². The van der Waals surface area contributed by atoms with Crippen LogP contribution in [0.2, 0.25) is 0 Å². The van der Waals surface area contributed by atoms with E-state index < -0.39 is 5.91 Å². The van der Waals surface area contributed by atoms with Crippen LogP contribution in [-0.2, 0) is 9.53 Å². The van der Waals surface area contributed by atoms with Crippen LogP contribution in [0.1, 0.15) is 24.9 Å². The summed E-state index contributed by atoms with van der Waals surface area (Å²) in [5.41, 5.74) is 11.8. The van der Waals surface area contributed by atoms with Crippen LogP contribution in [0.25, 0.3) is 0 Å². The number of amides is 1. The second-order valence-corrected chi connectivity index (χ2v) is 4.98. The molecule has 0 saturated heterocycles. The van der Waals surface area contributed by atoms with E-state index in [2.05, 4.69) is 15.9 Å². The Kier molecular flexibility index (Phi) is 6.83. The first-order chi connectivity index (χ1) is 9.04. The molecule has 1 aromatic carbocycles. The zero-order chi connectivity index (χ0) is 14.3. The van der Waals surface area contributed by atoms with Gasteiger partial charge >= 0.3 is 0 Å². The van der Waals surface area contributed by atoms with Crippen molar-refractivity contribution in [3.63, 3.8) is 0 Å².